The van der Waals surface area contributed by atoms with Gasteiger partial charge in [0.1, 0.15) is 0 Å². The van der Waals surface area contributed by atoms with Gasteiger partial charge in [0, 0.05) is 26.7 Å². The van der Waals surface area contributed by atoms with Crippen LogP contribution in [0, 0.1) is 10.5 Å². The quantitative estimate of drug-likeness (QED) is 0.779. The Labute approximate surface area is 121 Å². The van der Waals surface area contributed by atoms with Crippen LogP contribution in [0.2, 0.25) is 0 Å². The highest BCUT2D eigenvalue weighted by Gasteiger charge is 2.22. The molecule has 1 aliphatic carbocycles. The molecule has 1 heterocycles. The molecule has 1 aromatic carbocycles. The minimum atomic E-state index is 0.220. The summed E-state index contributed by atoms with van der Waals surface area (Å²) in [5.74, 6) is 0. The second-order valence-electron chi connectivity index (χ2n) is 5.00. The van der Waals surface area contributed by atoms with E-state index in [9.17, 15) is 0 Å². The first kappa shape index (κ1) is 12.2. The van der Waals surface area contributed by atoms with Crippen LogP contribution in [0.3, 0.4) is 0 Å². The number of rotatable bonds is 1. The summed E-state index contributed by atoms with van der Waals surface area (Å²) >= 11 is 2.34. The van der Waals surface area contributed by atoms with Crippen LogP contribution in [0.5, 0.6) is 0 Å². The van der Waals surface area contributed by atoms with Gasteiger partial charge in [-0.3, -0.25) is 0 Å². The first-order valence-electron chi connectivity index (χ1n) is 6.39. The van der Waals surface area contributed by atoms with Gasteiger partial charge in [0.25, 0.3) is 0 Å². The molecule has 2 N–H and O–H groups in total. The zero-order valence-electron chi connectivity index (χ0n) is 10.5. The van der Waals surface area contributed by atoms with Gasteiger partial charge in [-0.05, 0) is 84.7 Å². The van der Waals surface area contributed by atoms with Crippen LogP contribution < -0.4 is 5.73 Å². The third-order valence-electron chi connectivity index (χ3n) is 3.73. The van der Waals surface area contributed by atoms with Gasteiger partial charge in [-0.2, -0.15) is 0 Å². The Morgan fingerprint density at radius 2 is 2.00 bits per heavy atom. The minimum Gasteiger partial charge on any atom is -0.324 e. The monoisotopic (exact) mass is 352 g/mol. The lowest BCUT2D eigenvalue weighted by Crippen LogP contribution is -2.17. The Hall–Kier alpha value is -0.810. The SMILES string of the molecule is Cc1cc2c(n1-c1ccc(I)cc1)CCCC2N. The van der Waals surface area contributed by atoms with E-state index < -0.39 is 0 Å². The van der Waals surface area contributed by atoms with E-state index in [1.165, 1.54) is 32.6 Å². The number of aromatic nitrogens is 1. The van der Waals surface area contributed by atoms with E-state index in [0.29, 0.717) is 0 Å². The Balaban J connectivity index is 2.15. The van der Waals surface area contributed by atoms with Crippen molar-refractivity contribution in [2.24, 2.45) is 5.73 Å². The predicted octanol–water partition coefficient (Wildman–Crippen LogP) is 3.73. The van der Waals surface area contributed by atoms with Crippen molar-refractivity contribution in [3.8, 4) is 5.69 Å². The van der Waals surface area contributed by atoms with E-state index in [1.54, 1.807) is 0 Å². The van der Waals surface area contributed by atoms with Crippen LogP contribution in [0.25, 0.3) is 5.69 Å². The predicted molar refractivity (Wildman–Crippen MR) is 83.1 cm³/mol. The molecule has 18 heavy (non-hydrogen) atoms. The largest absolute Gasteiger partial charge is 0.324 e. The fourth-order valence-corrected chi connectivity index (χ4v) is 3.25. The molecule has 0 spiro atoms. The van der Waals surface area contributed by atoms with Gasteiger partial charge in [-0.1, -0.05) is 0 Å². The summed E-state index contributed by atoms with van der Waals surface area (Å²) in [4.78, 5) is 0. The molecular formula is C15H17IN2. The lowest BCUT2D eigenvalue weighted by molar-refractivity contribution is 0.560. The molecule has 1 atom stereocenters. The zero-order valence-corrected chi connectivity index (χ0v) is 12.6. The van der Waals surface area contributed by atoms with Crippen LogP contribution in [0.15, 0.2) is 30.3 Å². The number of nitrogens with zero attached hydrogens (tertiary/aromatic N) is 1. The van der Waals surface area contributed by atoms with Crippen molar-refractivity contribution in [2.45, 2.75) is 32.2 Å². The van der Waals surface area contributed by atoms with Crippen molar-refractivity contribution in [2.75, 3.05) is 0 Å². The molecule has 1 unspecified atom stereocenters. The lowest BCUT2D eigenvalue weighted by atomic mass is 9.93. The second-order valence-corrected chi connectivity index (χ2v) is 6.24. The van der Waals surface area contributed by atoms with Crippen LogP contribution in [-0.4, -0.2) is 4.57 Å². The lowest BCUT2D eigenvalue weighted by Gasteiger charge is -2.21. The highest BCUT2D eigenvalue weighted by molar-refractivity contribution is 14.1. The smallest absolute Gasteiger partial charge is 0.0455 e. The van der Waals surface area contributed by atoms with Crippen molar-refractivity contribution >= 4 is 22.6 Å². The van der Waals surface area contributed by atoms with Crippen LogP contribution in [0.4, 0.5) is 0 Å². The van der Waals surface area contributed by atoms with Gasteiger partial charge in [-0.15, -0.1) is 0 Å². The number of benzene rings is 1. The van der Waals surface area contributed by atoms with Crippen LogP contribution >= 0.6 is 22.6 Å². The molecule has 0 saturated heterocycles. The maximum absolute atomic E-state index is 6.22. The third-order valence-corrected chi connectivity index (χ3v) is 4.45. The van der Waals surface area contributed by atoms with Crippen molar-refractivity contribution in [1.82, 2.24) is 4.57 Å². The Morgan fingerprint density at radius 1 is 1.28 bits per heavy atom. The number of aryl methyl sites for hydroxylation is 1. The fraction of sp³-hybridized carbons (Fsp3) is 0.333. The molecule has 1 aromatic heterocycles. The molecule has 0 bridgehead atoms. The first-order chi connectivity index (χ1) is 8.66. The first-order valence-corrected chi connectivity index (χ1v) is 7.47. The van der Waals surface area contributed by atoms with E-state index >= 15 is 0 Å². The minimum absolute atomic E-state index is 0.220. The number of hydrogen-bond acceptors (Lipinski definition) is 1. The molecule has 0 aliphatic heterocycles. The van der Waals surface area contributed by atoms with E-state index in [-0.39, 0.29) is 6.04 Å². The molecule has 0 amide bonds. The maximum Gasteiger partial charge on any atom is 0.0455 e. The zero-order chi connectivity index (χ0) is 12.7. The maximum atomic E-state index is 6.22. The molecule has 0 fully saturated rings. The van der Waals surface area contributed by atoms with Gasteiger partial charge < -0.3 is 10.3 Å². The van der Waals surface area contributed by atoms with Crippen LogP contribution in [0.1, 0.15) is 35.8 Å². The van der Waals surface area contributed by atoms with Gasteiger partial charge >= 0.3 is 0 Å². The van der Waals surface area contributed by atoms with E-state index in [0.717, 1.165) is 12.8 Å². The topological polar surface area (TPSA) is 30.9 Å². The summed E-state index contributed by atoms with van der Waals surface area (Å²) in [6.45, 7) is 2.17. The molecule has 1 aliphatic rings. The van der Waals surface area contributed by atoms with Crippen LogP contribution in [-0.2, 0) is 6.42 Å². The van der Waals surface area contributed by atoms with Gasteiger partial charge in [-0.25, -0.2) is 0 Å². The fourth-order valence-electron chi connectivity index (χ4n) is 2.89. The summed E-state index contributed by atoms with van der Waals surface area (Å²) in [5.41, 5.74) is 11.5. The van der Waals surface area contributed by atoms with E-state index in [4.69, 9.17) is 5.73 Å². The average Bonchev–Trinajstić information content (AvgIpc) is 2.69. The third kappa shape index (κ3) is 1.99. The normalized spacial score (nSPS) is 18.7. The number of halogens is 1. The number of fused-ring (bicyclic) bond motifs is 1. The summed E-state index contributed by atoms with van der Waals surface area (Å²) < 4.78 is 3.64. The van der Waals surface area contributed by atoms with Gasteiger partial charge in [0.05, 0.1) is 0 Å². The van der Waals surface area contributed by atoms with Gasteiger partial charge in [0.15, 0.2) is 0 Å². The van der Waals surface area contributed by atoms with Gasteiger partial charge in [0.2, 0.25) is 0 Å². The summed E-state index contributed by atoms with van der Waals surface area (Å²) in [5, 5.41) is 0. The summed E-state index contributed by atoms with van der Waals surface area (Å²) in [6.07, 6.45) is 3.45. The molecule has 2 nitrogen and oxygen atoms in total. The molecule has 3 rings (SSSR count). The molecule has 2 aromatic rings. The molecule has 0 saturated carbocycles. The van der Waals surface area contributed by atoms with E-state index in [1.807, 2.05) is 0 Å². The Bertz CT molecular complexity index is 569. The van der Waals surface area contributed by atoms with Crippen molar-refractivity contribution in [1.29, 1.82) is 0 Å². The number of nitrogens with two attached hydrogens (primary N) is 1. The highest BCUT2D eigenvalue weighted by Crippen LogP contribution is 2.32. The molecular weight excluding hydrogens is 335 g/mol. The Morgan fingerprint density at radius 3 is 2.72 bits per heavy atom. The second kappa shape index (κ2) is 4.70. The summed E-state index contributed by atoms with van der Waals surface area (Å²) in [7, 11) is 0. The number of hydrogen-bond donors (Lipinski definition) is 1. The van der Waals surface area contributed by atoms with Crippen molar-refractivity contribution in [3.63, 3.8) is 0 Å². The summed E-state index contributed by atoms with van der Waals surface area (Å²) in [6, 6.07) is 11.2. The molecule has 0 radical (unpaired) electrons. The highest BCUT2D eigenvalue weighted by atomic mass is 127. The molecule has 3 heteroatoms. The van der Waals surface area contributed by atoms with Crippen molar-refractivity contribution in [3.05, 3.63) is 50.9 Å². The Kier molecular flexibility index (Phi) is 3.20. The average molecular weight is 352 g/mol. The van der Waals surface area contributed by atoms with E-state index in [2.05, 4.69) is 64.4 Å². The van der Waals surface area contributed by atoms with Crippen molar-refractivity contribution < 1.29 is 0 Å². The molecule has 94 valence electrons. The standard InChI is InChI=1S/C15H17IN2/c1-10-9-13-14(17)3-2-4-15(13)18(10)12-7-5-11(16)6-8-12/h5-9,14H,2-4,17H2,1H3.